The Morgan fingerprint density at radius 1 is 1.26 bits per heavy atom. The lowest BCUT2D eigenvalue weighted by Gasteiger charge is -2.14. The van der Waals surface area contributed by atoms with Crippen LogP contribution in [0.1, 0.15) is 31.6 Å². The second-order valence-corrected chi connectivity index (χ2v) is 9.21. The van der Waals surface area contributed by atoms with Crippen molar-refractivity contribution in [1.29, 1.82) is 0 Å². The number of benzene rings is 2. The molecule has 1 amide bonds. The molecule has 1 fully saturated rings. The lowest BCUT2D eigenvalue weighted by atomic mass is 10.3. The summed E-state index contributed by atoms with van der Waals surface area (Å²) in [4.78, 5) is 12.6. The molecule has 1 aliphatic rings. The van der Waals surface area contributed by atoms with E-state index in [1.54, 1.807) is 19.1 Å². The largest absolute Gasteiger partial charge is 0.484 e. The zero-order chi connectivity index (χ0) is 22.0. The molecule has 6 nitrogen and oxygen atoms in total. The van der Waals surface area contributed by atoms with Crippen LogP contribution in [0.4, 0.5) is 10.1 Å². The highest BCUT2D eigenvalue weighted by molar-refractivity contribution is 8.00. The summed E-state index contributed by atoms with van der Waals surface area (Å²) in [5.41, 5.74) is 0.359. The number of hydrogen-bond acceptors (Lipinski definition) is 5. The van der Waals surface area contributed by atoms with Gasteiger partial charge in [0.2, 0.25) is 5.91 Å². The Kier molecular flexibility index (Phi) is 6.69. The molecule has 4 rings (SSSR count). The third kappa shape index (κ3) is 5.31. The molecule has 1 aromatic heterocycles. The van der Waals surface area contributed by atoms with Gasteiger partial charge in [0.05, 0.1) is 21.0 Å². The minimum Gasteiger partial charge on any atom is -0.484 e. The molecule has 31 heavy (non-hydrogen) atoms. The zero-order valence-corrected chi connectivity index (χ0v) is 18.8. The molecule has 0 radical (unpaired) electrons. The predicted octanol–water partition coefficient (Wildman–Crippen LogP) is 5.76. The van der Waals surface area contributed by atoms with Gasteiger partial charge in [0.25, 0.3) is 0 Å². The van der Waals surface area contributed by atoms with E-state index in [0.29, 0.717) is 33.5 Å². The topological polar surface area (TPSA) is 69.0 Å². The lowest BCUT2D eigenvalue weighted by Crippen LogP contribution is -2.23. The maximum absolute atomic E-state index is 13.2. The third-order valence-electron chi connectivity index (χ3n) is 4.68. The Morgan fingerprint density at radius 3 is 2.74 bits per heavy atom. The van der Waals surface area contributed by atoms with Crippen molar-refractivity contribution in [1.82, 2.24) is 14.8 Å². The van der Waals surface area contributed by atoms with E-state index in [1.807, 2.05) is 16.7 Å². The minimum atomic E-state index is -0.472. The van der Waals surface area contributed by atoms with Gasteiger partial charge in [0.15, 0.2) is 11.0 Å². The fourth-order valence-corrected chi connectivity index (χ4v) is 4.27. The van der Waals surface area contributed by atoms with E-state index in [2.05, 4.69) is 15.5 Å². The first-order valence-electron chi connectivity index (χ1n) is 9.66. The number of anilines is 1. The first-order valence-corrected chi connectivity index (χ1v) is 11.3. The molecule has 1 unspecified atom stereocenters. The zero-order valence-electron chi connectivity index (χ0n) is 16.5. The van der Waals surface area contributed by atoms with Crippen molar-refractivity contribution < 1.29 is 13.9 Å². The van der Waals surface area contributed by atoms with E-state index in [4.69, 9.17) is 27.9 Å². The molecule has 1 atom stereocenters. The average Bonchev–Trinajstić information content (AvgIpc) is 3.50. The van der Waals surface area contributed by atoms with Crippen LogP contribution in [0.5, 0.6) is 5.75 Å². The SMILES string of the molecule is CC(Sc1nnc(COc2ccccc2Cl)n1C1CC1)C(=O)Nc1ccc(F)cc1Cl. The number of nitrogens with zero attached hydrogens (tertiary/aromatic N) is 3. The molecule has 0 aliphatic heterocycles. The van der Waals surface area contributed by atoms with Crippen LogP contribution in [0.25, 0.3) is 0 Å². The van der Waals surface area contributed by atoms with Gasteiger partial charge in [0.1, 0.15) is 18.2 Å². The molecule has 1 N–H and O–H groups in total. The number of aromatic nitrogens is 3. The Labute approximate surface area is 193 Å². The van der Waals surface area contributed by atoms with E-state index in [9.17, 15) is 9.18 Å². The maximum atomic E-state index is 13.2. The second kappa shape index (κ2) is 9.46. The van der Waals surface area contributed by atoms with Gasteiger partial charge in [-0.3, -0.25) is 9.36 Å². The van der Waals surface area contributed by atoms with Crippen molar-refractivity contribution in [3.63, 3.8) is 0 Å². The molecule has 10 heteroatoms. The van der Waals surface area contributed by atoms with Crippen molar-refractivity contribution in [2.45, 2.75) is 42.8 Å². The number of thioether (sulfide) groups is 1. The smallest absolute Gasteiger partial charge is 0.237 e. The van der Waals surface area contributed by atoms with Gasteiger partial charge in [0, 0.05) is 6.04 Å². The minimum absolute atomic E-state index is 0.144. The van der Waals surface area contributed by atoms with Crippen LogP contribution >= 0.6 is 35.0 Å². The molecule has 162 valence electrons. The van der Waals surface area contributed by atoms with Gasteiger partial charge in [-0.2, -0.15) is 0 Å². The number of amides is 1. The molecule has 0 bridgehead atoms. The van der Waals surface area contributed by atoms with E-state index in [0.717, 1.165) is 18.9 Å². The molecule has 0 saturated heterocycles. The highest BCUT2D eigenvalue weighted by Crippen LogP contribution is 2.40. The van der Waals surface area contributed by atoms with Crippen LogP contribution in [0, 0.1) is 5.82 Å². The highest BCUT2D eigenvalue weighted by Gasteiger charge is 2.31. The van der Waals surface area contributed by atoms with E-state index in [-0.39, 0.29) is 17.5 Å². The molecule has 3 aromatic rings. The molecular formula is C21H19Cl2FN4O2S. The Balaban J connectivity index is 1.44. The summed E-state index contributed by atoms with van der Waals surface area (Å²) >= 11 is 13.5. The van der Waals surface area contributed by atoms with Gasteiger partial charge in [-0.05, 0) is 50.1 Å². The maximum Gasteiger partial charge on any atom is 0.237 e. The fourth-order valence-electron chi connectivity index (χ4n) is 2.93. The van der Waals surface area contributed by atoms with Gasteiger partial charge >= 0.3 is 0 Å². The molecule has 1 heterocycles. The summed E-state index contributed by atoms with van der Waals surface area (Å²) in [6.45, 7) is 1.99. The predicted molar refractivity (Wildman–Crippen MR) is 119 cm³/mol. The van der Waals surface area contributed by atoms with Gasteiger partial charge in [-0.1, -0.05) is 47.1 Å². The summed E-state index contributed by atoms with van der Waals surface area (Å²) in [7, 11) is 0. The number of para-hydroxylation sites is 1. The van der Waals surface area contributed by atoms with E-state index in [1.165, 1.54) is 23.9 Å². The normalized spacial score (nSPS) is 14.3. The first-order chi connectivity index (χ1) is 14.9. The summed E-state index contributed by atoms with van der Waals surface area (Å²) in [6.07, 6.45) is 2.05. The van der Waals surface area contributed by atoms with Gasteiger partial charge in [-0.15, -0.1) is 10.2 Å². The number of nitrogens with one attached hydrogen (secondary N) is 1. The van der Waals surface area contributed by atoms with Crippen LogP contribution < -0.4 is 10.1 Å². The van der Waals surface area contributed by atoms with Crippen LogP contribution in [0.3, 0.4) is 0 Å². The van der Waals surface area contributed by atoms with Crippen molar-refractivity contribution >= 4 is 46.6 Å². The third-order valence-corrected chi connectivity index (χ3v) is 6.36. The number of ether oxygens (including phenoxy) is 1. The van der Waals surface area contributed by atoms with Crippen LogP contribution in [0.2, 0.25) is 10.0 Å². The van der Waals surface area contributed by atoms with Crippen molar-refractivity contribution in [3.8, 4) is 5.75 Å². The molecule has 1 aliphatic carbocycles. The van der Waals surface area contributed by atoms with E-state index >= 15 is 0 Å². The number of halogens is 3. The van der Waals surface area contributed by atoms with Crippen molar-refractivity contribution in [2.24, 2.45) is 0 Å². The van der Waals surface area contributed by atoms with Crippen LogP contribution in [0.15, 0.2) is 47.6 Å². The van der Waals surface area contributed by atoms with Crippen LogP contribution in [-0.4, -0.2) is 25.9 Å². The standard InChI is InChI=1S/C21H19Cl2FN4O2S/c1-12(20(29)25-17-9-6-13(24)10-16(17)23)31-21-27-26-19(28(21)14-7-8-14)11-30-18-5-3-2-4-15(18)22/h2-6,9-10,12,14H,7-8,11H2,1H3,(H,25,29). The van der Waals surface area contributed by atoms with Gasteiger partial charge in [-0.25, -0.2) is 4.39 Å². The number of rotatable bonds is 8. The lowest BCUT2D eigenvalue weighted by molar-refractivity contribution is -0.115. The van der Waals surface area contributed by atoms with E-state index < -0.39 is 11.1 Å². The molecule has 1 saturated carbocycles. The van der Waals surface area contributed by atoms with Crippen molar-refractivity contribution in [3.05, 3.63) is 64.2 Å². The summed E-state index contributed by atoms with van der Waals surface area (Å²) in [5, 5.41) is 12.1. The van der Waals surface area contributed by atoms with Gasteiger partial charge < -0.3 is 10.1 Å². The quantitative estimate of drug-likeness (QED) is 0.415. The molecular weight excluding hydrogens is 462 g/mol. The number of hydrogen-bond donors (Lipinski definition) is 1. The summed E-state index contributed by atoms with van der Waals surface area (Å²) < 4.78 is 21.1. The Bertz CT molecular complexity index is 1110. The monoisotopic (exact) mass is 480 g/mol. The molecule has 2 aromatic carbocycles. The summed E-state index contributed by atoms with van der Waals surface area (Å²) in [6, 6.07) is 11.4. The Hall–Kier alpha value is -2.29. The summed E-state index contributed by atoms with van der Waals surface area (Å²) in [5.74, 6) is 0.527. The van der Waals surface area contributed by atoms with Crippen LogP contribution in [-0.2, 0) is 11.4 Å². The van der Waals surface area contributed by atoms with Crippen molar-refractivity contribution in [2.75, 3.05) is 5.32 Å². The fraction of sp³-hybridized carbons (Fsp3) is 0.286. The average molecular weight is 481 g/mol. The molecule has 0 spiro atoms. The number of carbonyl (C=O) groups is 1. The highest BCUT2D eigenvalue weighted by atomic mass is 35.5. The Morgan fingerprint density at radius 2 is 2.03 bits per heavy atom. The number of carbonyl (C=O) groups excluding carboxylic acids is 1. The second-order valence-electron chi connectivity index (χ2n) is 7.09. The first kappa shape index (κ1) is 21.9.